The van der Waals surface area contributed by atoms with Crippen LogP contribution in [0.1, 0.15) is 48.6 Å². The third-order valence-corrected chi connectivity index (χ3v) is 5.08. The summed E-state index contributed by atoms with van der Waals surface area (Å²) < 4.78 is 7.38. The summed E-state index contributed by atoms with van der Waals surface area (Å²) in [6.07, 6.45) is 1.61. The summed E-state index contributed by atoms with van der Waals surface area (Å²) >= 11 is 1.28. The monoisotopic (exact) mass is 414 g/mol. The molecule has 0 aliphatic carbocycles. The van der Waals surface area contributed by atoms with Crippen molar-refractivity contribution < 1.29 is 19.1 Å². The number of amides is 1. The summed E-state index contributed by atoms with van der Waals surface area (Å²) in [6, 6.07) is 8.08. The highest BCUT2D eigenvalue weighted by molar-refractivity contribution is 7.99. The van der Waals surface area contributed by atoms with Crippen LogP contribution >= 0.6 is 11.8 Å². The fourth-order valence-electron chi connectivity index (χ4n) is 2.75. The molecule has 0 bridgehead atoms. The van der Waals surface area contributed by atoms with E-state index in [1.807, 2.05) is 30.5 Å². The lowest BCUT2D eigenvalue weighted by atomic mass is 10.1. The molecule has 0 saturated heterocycles. The number of furan rings is 1. The predicted octanol–water partition coefficient (Wildman–Crippen LogP) is 3.68. The molecule has 3 rings (SSSR count). The number of nitrogens with one attached hydrogen (secondary N) is 1. The molecule has 29 heavy (non-hydrogen) atoms. The summed E-state index contributed by atoms with van der Waals surface area (Å²) in [4.78, 5) is 23.9. The number of nitrogens with zero attached hydrogens (tertiary/aromatic N) is 3. The Hall–Kier alpha value is -3.07. The van der Waals surface area contributed by atoms with Gasteiger partial charge in [0.15, 0.2) is 10.9 Å². The van der Waals surface area contributed by atoms with Crippen LogP contribution in [0.15, 0.2) is 46.2 Å². The molecular formula is C20H22N4O4S. The fraction of sp³-hybridized carbons (Fsp3) is 0.300. The van der Waals surface area contributed by atoms with Crippen molar-refractivity contribution in [3.8, 4) is 5.75 Å². The number of thioether (sulfide) groups is 1. The summed E-state index contributed by atoms with van der Waals surface area (Å²) in [6.45, 7) is 5.88. The fourth-order valence-corrected chi connectivity index (χ4v) is 3.59. The van der Waals surface area contributed by atoms with Gasteiger partial charge in [0.2, 0.25) is 5.91 Å². The molecule has 1 amide bonds. The molecule has 0 atom stereocenters. The second-order valence-corrected chi connectivity index (χ2v) is 7.73. The Morgan fingerprint density at radius 1 is 1.28 bits per heavy atom. The summed E-state index contributed by atoms with van der Waals surface area (Å²) in [5.41, 5.74) is 0.594. The van der Waals surface area contributed by atoms with Gasteiger partial charge >= 0.3 is 0 Å². The Bertz CT molecular complexity index is 1010. The molecule has 0 radical (unpaired) electrons. The molecule has 0 saturated carbocycles. The van der Waals surface area contributed by atoms with Gasteiger partial charge in [-0.3, -0.25) is 14.2 Å². The second-order valence-electron chi connectivity index (χ2n) is 6.79. The van der Waals surface area contributed by atoms with Crippen LogP contribution in [0.25, 0.3) is 0 Å². The van der Waals surface area contributed by atoms with E-state index in [0.29, 0.717) is 17.3 Å². The van der Waals surface area contributed by atoms with Crippen LogP contribution in [0, 0.1) is 0 Å². The van der Waals surface area contributed by atoms with Gasteiger partial charge in [-0.15, -0.1) is 10.2 Å². The van der Waals surface area contributed by atoms with Crippen molar-refractivity contribution in [1.29, 1.82) is 0 Å². The van der Waals surface area contributed by atoms with Crippen LogP contribution in [0.4, 0.5) is 5.69 Å². The number of carbonyl (C=O) groups is 2. The van der Waals surface area contributed by atoms with E-state index in [1.165, 1.54) is 36.9 Å². The minimum absolute atomic E-state index is 0.0934. The van der Waals surface area contributed by atoms with E-state index >= 15 is 0 Å². The largest absolute Gasteiger partial charge is 0.506 e. The normalized spacial score (nSPS) is 11.0. The van der Waals surface area contributed by atoms with E-state index in [9.17, 15) is 14.7 Å². The van der Waals surface area contributed by atoms with Gasteiger partial charge in [-0.1, -0.05) is 25.6 Å². The smallest absolute Gasteiger partial charge is 0.221 e. The molecule has 9 heteroatoms. The SMILES string of the molecule is CC(=O)Nc1cc(C(=O)CSc2nnc(C(C)C)n2Cc2ccco2)ccc1O. The predicted molar refractivity (Wildman–Crippen MR) is 109 cm³/mol. The topological polar surface area (TPSA) is 110 Å². The number of rotatable bonds is 8. The zero-order chi connectivity index (χ0) is 21.0. The first-order valence-electron chi connectivity index (χ1n) is 9.07. The first-order valence-corrected chi connectivity index (χ1v) is 10.1. The van der Waals surface area contributed by atoms with E-state index in [2.05, 4.69) is 15.5 Å². The van der Waals surface area contributed by atoms with Crippen molar-refractivity contribution in [2.75, 3.05) is 11.1 Å². The molecular weight excluding hydrogens is 392 g/mol. The third-order valence-electron chi connectivity index (χ3n) is 4.12. The Morgan fingerprint density at radius 3 is 2.72 bits per heavy atom. The van der Waals surface area contributed by atoms with Crippen molar-refractivity contribution in [3.05, 3.63) is 53.7 Å². The molecule has 3 aromatic rings. The maximum absolute atomic E-state index is 12.6. The van der Waals surface area contributed by atoms with Crippen LogP contribution < -0.4 is 5.32 Å². The van der Waals surface area contributed by atoms with E-state index in [0.717, 1.165) is 11.6 Å². The standard InChI is InChI=1S/C20H22N4O4S/c1-12(2)19-22-23-20(24(19)10-15-5-4-8-28-15)29-11-18(27)14-6-7-17(26)16(9-14)21-13(3)25/h4-9,12,26H,10-11H2,1-3H3,(H,21,25). The third kappa shape index (κ3) is 5.05. The van der Waals surface area contributed by atoms with Crippen molar-refractivity contribution in [3.63, 3.8) is 0 Å². The van der Waals surface area contributed by atoms with E-state index < -0.39 is 0 Å². The molecule has 152 valence electrons. The van der Waals surface area contributed by atoms with Crippen molar-refractivity contribution in [2.45, 2.75) is 38.4 Å². The Balaban J connectivity index is 1.76. The lowest BCUT2D eigenvalue weighted by molar-refractivity contribution is -0.114. The Labute approximate surface area is 172 Å². The number of phenols is 1. The molecule has 1 aromatic carbocycles. The van der Waals surface area contributed by atoms with Gasteiger partial charge < -0.3 is 14.8 Å². The van der Waals surface area contributed by atoms with Crippen LogP contribution in [0.3, 0.4) is 0 Å². The molecule has 8 nitrogen and oxygen atoms in total. The van der Waals surface area contributed by atoms with Gasteiger partial charge in [0.1, 0.15) is 17.3 Å². The molecule has 0 aliphatic rings. The van der Waals surface area contributed by atoms with Crippen molar-refractivity contribution in [2.24, 2.45) is 0 Å². The zero-order valence-electron chi connectivity index (χ0n) is 16.4. The van der Waals surface area contributed by atoms with Gasteiger partial charge in [0.05, 0.1) is 24.2 Å². The highest BCUT2D eigenvalue weighted by Gasteiger charge is 2.18. The lowest BCUT2D eigenvalue weighted by Gasteiger charge is -2.11. The quantitative estimate of drug-likeness (QED) is 0.329. The van der Waals surface area contributed by atoms with Gasteiger partial charge in [-0.2, -0.15) is 0 Å². The van der Waals surface area contributed by atoms with E-state index in [4.69, 9.17) is 4.42 Å². The zero-order valence-corrected chi connectivity index (χ0v) is 17.2. The number of hydrogen-bond donors (Lipinski definition) is 2. The Kier molecular flexibility index (Phi) is 6.38. The first-order chi connectivity index (χ1) is 13.8. The number of aromatic hydroxyl groups is 1. The molecule has 2 N–H and O–H groups in total. The van der Waals surface area contributed by atoms with E-state index in [-0.39, 0.29) is 34.8 Å². The van der Waals surface area contributed by atoms with Gasteiger partial charge in [0, 0.05) is 18.4 Å². The lowest BCUT2D eigenvalue weighted by Crippen LogP contribution is -2.10. The highest BCUT2D eigenvalue weighted by Crippen LogP contribution is 2.27. The Morgan fingerprint density at radius 2 is 2.07 bits per heavy atom. The molecule has 2 heterocycles. The van der Waals surface area contributed by atoms with Crippen LogP contribution in [-0.2, 0) is 11.3 Å². The van der Waals surface area contributed by atoms with Crippen LogP contribution in [-0.4, -0.2) is 37.3 Å². The summed E-state index contributed by atoms with van der Waals surface area (Å²) in [5.74, 6) is 1.32. The molecule has 0 spiro atoms. The van der Waals surface area contributed by atoms with Gasteiger partial charge in [-0.25, -0.2) is 0 Å². The number of hydrogen-bond acceptors (Lipinski definition) is 7. The minimum Gasteiger partial charge on any atom is -0.506 e. The number of ketones is 1. The number of carbonyl (C=O) groups excluding carboxylic acids is 2. The molecule has 0 fully saturated rings. The molecule has 0 aliphatic heterocycles. The average Bonchev–Trinajstić information content (AvgIpc) is 3.31. The second kappa shape index (κ2) is 8.95. The highest BCUT2D eigenvalue weighted by atomic mass is 32.2. The van der Waals surface area contributed by atoms with Crippen molar-refractivity contribution in [1.82, 2.24) is 14.8 Å². The van der Waals surface area contributed by atoms with E-state index in [1.54, 1.807) is 6.26 Å². The number of Topliss-reactive ketones (excluding diaryl/α,β-unsaturated/α-hetero) is 1. The first kappa shape index (κ1) is 20.7. The maximum Gasteiger partial charge on any atom is 0.221 e. The summed E-state index contributed by atoms with van der Waals surface area (Å²) in [7, 11) is 0. The number of aromatic nitrogens is 3. The minimum atomic E-state index is -0.327. The van der Waals surface area contributed by atoms with Crippen LogP contribution in [0.5, 0.6) is 5.75 Å². The number of phenolic OH excluding ortho intramolecular Hbond substituents is 1. The molecule has 2 aromatic heterocycles. The number of anilines is 1. The average molecular weight is 414 g/mol. The maximum atomic E-state index is 12.6. The van der Waals surface area contributed by atoms with Crippen LogP contribution in [0.2, 0.25) is 0 Å². The molecule has 0 unspecified atom stereocenters. The van der Waals surface area contributed by atoms with Crippen molar-refractivity contribution >= 4 is 29.1 Å². The number of benzene rings is 1. The van der Waals surface area contributed by atoms with Gasteiger partial charge in [-0.05, 0) is 30.3 Å². The summed E-state index contributed by atoms with van der Waals surface area (Å²) in [5, 5.41) is 21.5. The van der Waals surface area contributed by atoms with Gasteiger partial charge in [0.25, 0.3) is 0 Å².